The molecule has 3 heterocycles. The second kappa shape index (κ2) is 5.15. The molecule has 0 aromatic carbocycles. The van der Waals surface area contributed by atoms with Crippen molar-refractivity contribution in [3.8, 4) is 0 Å². The molecule has 0 N–H and O–H groups in total. The van der Waals surface area contributed by atoms with Gasteiger partial charge in [0.1, 0.15) is 5.76 Å². The molecule has 0 radical (unpaired) electrons. The van der Waals surface area contributed by atoms with Gasteiger partial charge in [0.15, 0.2) is 0 Å². The van der Waals surface area contributed by atoms with Gasteiger partial charge in [-0.05, 0) is 30.9 Å². The molecule has 0 bridgehead atoms. The van der Waals surface area contributed by atoms with Crippen molar-refractivity contribution in [3.63, 3.8) is 0 Å². The monoisotopic (exact) mass is 274 g/mol. The minimum atomic E-state index is -0.108. The minimum Gasteiger partial charge on any atom is -0.467 e. The van der Waals surface area contributed by atoms with E-state index in [9.17, 15) is 4.79 Å². The third-order valence-corrected chi connectivity index (χ3v) is 3.72. The quantitative estimate of drug-likeness (QED) is 0.861. The first-order valence-corrected chi connectivity index (χ1v) is 6.98. The Kier molecular flexibility index (Phi) is 3.34. The molecule has 2 aromatic heterocycles. The molecule has 0 spiro atoms. The summed E-state index contributed by atoms with van der Waals surface area (Å²) in [5, 5.41) is 3.95. The predicted molar refractivity (Wildman–Crippen MR) is 72.3 cm³/mol. The Morgan fingerprint density at radius 2 is 2.35 bits per heavy atom. The number of nitrogens with zero attached hydrogens (tertiary/aromatic N) is 2. The first-order valence-electron chi connectivity index (χ1n) is 6.98. The molecule has 2 aromatic rings. The van der Waals surface area contributed by atoms with Crippen molar-refractivity contribution in [1.82, 2.24) is 10.1 Å². The van der Waals surface area contributed by atoms with E-state index < -0.39 is 0 Å². The van der Waals surface area contributed by atoms with E-state index in [0.29, 0.717) is 5.76 Å². The maximum atomic E-state index is 12.5. The molecule has 1 aliphatic rings. The van der Waals surface area contributed by atoms with Crippen LogP contribution in [-0.2, 0) is 0 Å². The number of aromatic nitrogens is 1. The van der Waals surface area contributed by atoms with E-state index in [1.54, 1.807) is 12.3 Å². The van der Waals surface area contributed by atoms with Crippen molar-refractivity contribution in [1.29, 1.82) is 0 Å². The molecule has 0 saturated carbocycles. The van der Waals surface area contributed by atoms with Gasteiger partial charge in [0, 0.05) is 12.6 Å². The van der Waals surface area contributed by atoms with Gasteiger partial charge in [0.05, 0.1) is 18.0 Å². The average Bonchev–Trinajstić information content (AvgIpc) is 3.17. The number of rotatable bonds is 3. The van der Waals surface area contributed by atoms with Crippen LogP contribution in [0.2, 0.25) is 0 Å². The van der Waals surface area contributed by atoms with Gasteiger partial charge in [-0.25, -0.2) is 0 Å². The molecule has 0 unspecified atom stereocenters. The maximum Gasteiger partial charge on any atom is 0.293 e. The molecule has 1 atom stereocenters. The van der Waals surface area contributed by atoms with Gasteiger partial charge in [-0.2, -0.15) is 0 Å². The van der Waals surface area contributed by atoms with Gasteiger partial charge >= 0.3 is 0 Å². The second-order valence-corrected chi connectivity index (χ2v) is 5.44. The Morgan fingerprint density at radius 1 is 1.50 bits per heavy atom. The second-order valence-electron chi connectivity index (χ2n) is 5.44. The summed E-state index contributed by atoms with van der Waals surface area (Å²) in [4.78, 5) is 14.3. The van der Waals surface area contributed by atoms with E-state index in [1.807, 2.05) is 30.9 Å². The number of likely N-dealkylation sites (tertiary alicyclic amines) is 1. The first kappa shape index (κ1) is 13.0. The Bertz CT molecular complexity index is 586. The van der Waals surface area contributed by atoms with Crippen LogP contribution < -0.4 is 0 Å². The Morgan fingerprint density at radius 3 is 3.00 bits per heavy atom. The summed E-state index contributed by atoms with van der Waals surface area (Å²) in [5.41, 5.74) is 0.807. The van der Waals surface area contributed by atoms with Crippen LogP contribution in [0.4, 0.5) is 0 Å². The maximum absolute atomic E-state index is 12.5. The van der Waals surface area contributed by atoms with Crippen molar-refractivity contribution in [2.45, 2.75) is 38.6 Å². The largest absolute Gasteiger partial charge is 0.467 e. The standard InChI is InChI=1S/C15H18N2O3/c1-10(2)11-9-14(20-16-11)15(18)17-7-3-5-12(17)13-6-4-8-19-13/h4,6,8-10,12H,3,5,7H2,1-2H3/t12-/m1/s1. The number of carbonyl (C=O) groups excluding carboxylic acids is 1. The van der Waals surface area contributed by atoms with E-state index in [2.05, 4.69) is 5.16 Å². The fourth-order valence-electron chi connectivity index (χ4n) is 2.59. The van der Waals surface area contributed by atoms with Gasteiger partial charge in [0.2, 0.25) is 5.76 Å². The smallest absolute Gasteiger partial charge is 0.293 e. The zero-order chi connectivity index (χ0) is 14.1. The van der Waals surface area contributed by atoms with Crippen LogP contribution in [0, 0.1) is 0 Å². The highest BCUT2D eigenvalue weighted by Gasteiger charge is 2.34. The van der Waals surface area contributed by atoms with Crippen LogP contribution in [0.1, 0.15) is 60.7 Å². The van der Waals surface area contributed by atoms with E-state index >= 15 is 0 Å². The van der Waals surface area contributed by atoms with Crippen LogP contribution in [0.25, 0.3) is 0 Å². The van der Waals surface area contributed by atoms with E-state index in [4.69, 9.17) is 8.94 Å². The molecule has 1 amide bonds. The number of amides is 1. The summed E-state index contributed by atoms with van der Waals surface area (Å²) in [5.74, 6) is 1.29. The fourth-order valence-corrected chi connectivity index (χ4v) is 2.59. The summed E-state index contributed by atoms with van der Waals surface area (Å²) in [6, 6.07) is 5.51. The van der Waals surface area contributed by atoms with Crippen molar-refractivity contribution < 1.29 is 13.7 Å². The van der Waals surface area contributed by atoms with Gasteiger partial charge in [-0.3, -0.25) is 4.79 Å². The molecule has 1 fully saturated rings. The summed E-state index contributed by atoms with van der Waals surface area (Å²) in [7, 11) is 0. The highest BCUT2D eigenvalue weighted by molar-refractivity contribution is 5.92. The average molecular weight is 274 g/mol. The highest BCUT2D eigenvalue weighted by Crippen LogP contribution is 2.33. The third-order valence-electron chi connectivity index (χ3n) is 3.72. The van der Waals surface area contributed by atoms with Crippen LogP contribution in [0.5, 0.6) is 0 Å². The van der Waals surface area contributed by atoms with Crippen LogP contribution in [0.15, 0.2) is 33.4 Å². The number of hydrogen-bond donors (Lipinski definition) is 0. The van der Waals surface area contributed by atoms with Crippen LogP contribution in [-0.4, -0.2) is 22.5 Å². The third kappa shape index (κ3) is 2.24. The van der Waals surface area contributed by atoms with E-state index in [-0.39, 0.29) is 17.9 Å². The molecular formula is C15H18N2O3. The number of furan rings is 1. The summed E-state index contributed by atoms with van der Waals surface area (Å²) >= 11 is 0. The SMILES string of the molecule is CC(C)c1cc(C(=O)N2CCC[C@@H]2c2ccco2)on1. The summed E-state index contributed by atoms with van der Waals surface area (Å²) in [6.45, 7) is 4.77. The highest BCUT2D eigenvalue weighted by atomic mass is 16.5. The predicted octanol–water partition coefficient (Wildman–Crippen LogP) is 3.37. The lowest BCUT2D eigenvalue weighted by atomic mass is 10.1. The lowest BCUT2D eigenvalue weighted by Crippen LogP contribution is -2.30. The lowest BCUT2D eigenvalue weighted by molar-refractivity contribution is 0.0677. The number of carbonyl (C=O) groups is 1. The zero-order valence-electron chi connectivity index (χ0n) is 11.7. The van der Waals surface area contributed by atoms with Crippen molar-refractivity contribution in [2.75, 3.05) is 6.54 Å². The van der Waals surface area contributed by atoms with Crippen molar-refractivity contribution >= 4 is 5.91 Å². The molecule has 20 heavy (non-hydrogen) atoms. The molecular weight excluding hydrogens is 256 g/mol. The first-order chi connectivity index (χ1) is 9.66. The molecule has 0 aliphatic carbocycles. The lowest BCUT2D eigenvalue weighted by Gasteiger charge is -2.21. The van der Waals surface area contributed by atoms with Gasteiger partial charge in [-0.1, -0.05) is 19.0 Å². The fraction of sp³-hybridized carbons (Fsp3) is 0.467. The van der Waals surface area contributed by atoms with E-state index in [0.717, 1.165) is 30.8 Å². The van der Waals surface area contributed by atoms with Gasteiger partial charge in [0.25, 0.3) is 5.91 Å². The normalized spacial score (nSPS) is 18.9. The molecule has 106 valence electrons. The Hall–Kier alpha value is -2.04. The van der Waals surface area contributed by atoms with Gasteiger partial charge in [-0.15, -0.1) is 0 Å². The van der Waals surface area contributed by atoms with Gasteiger partial charge < -0.3 is 13.8 Å². The zero-order valence-corrected chi connectivity index (χ0v) is 11.7. The number of hydrogen-bond acceptors (Lipinski definition) is 4. The van der Waals surface area contributed by atoms with Crippen LogP contribution in [0.3, 0.4) is 0 Å². The van der Waals surface area contributed by atoms with Crippen molar-refractivity contribution in [2.24, 2.45) is 0 Å². The Balaban J connectivity index is 1.82. The molecule has 5 heteroatoms. The molecule has 3 rings (SSSR count). The topological polar surface area (TPSA) is 59.5 Å². The van der Waals surface area contributed by atoms with Crippen molar-refractivity contribution in [3.05, 3.63) is 41.7 Å². The van der Waals surface area contributed by atoms with E-state index in [1.165, 1.54) is 0 Å². The summed E-state index contributed by atoms with van der Waals surface area (Å²) < 4.78 is 10.6. The Labute approximate surface area is 117 Å². The minimum absolute atomic E-state index is 0.00472. The summed E-state index contributed by atoms with van der Waals surface area (Å²) in [6.07, 6.45) is 3.54. The molecule has 1 aliphatic heterocycles. The van der Waals surface area contributed by atoms with Crippen LogP contribution >= 0.6 is 0 Å². The molecule has 5 nitrogen and oxygen atoms in total. The molecule has 1 saturated heterocycles.